The number of rotatable bonds is 13. The standard InChI is InChI=1S/C21H28N10O8S2/c22-11-3-10(4-11)5-24-6-12-7-25-30(28-12)8-14-16(18(33)31(14)41(36,37)38)27-17(32)15(13-9-40-20(23)26-13)29-39-21(1-2-21)19(34)35/h7,9-11,14,16,24H,1-6,8,22H2,(H2,23,26)(H,27,32)(H,34,35)(H,36,37,38)/b29-15-/t10?,11?,14-,16+/m1/s1. The Labute approximate surface area is 237 Å². The van der Waals surface area contributed by atoms with Crippen molar-refractivity contribution in [2.75, 3.05) is 12.3 Å². The molecule has 2 aliphatic carbocycles. The molecule has 5 rings (SSSR count). The Kier molecular flexibility index (Phi) is 7.68. The van der Waals surface area contributed by atoms with E-state index in [1.807, 2.05) is 0 Å². The minimum absolute atomic E-state index is 0.0454. The third-order valence-corrected chi connectivity index (χ3v) is 8.66. The van der Waals surface area contributed by atoms with Crippen LogP contribution in [0.15, 0.2) is 16.7 Å². The van der Waals surface area contributed by atoms with Crippen molar-refractivity contribution in [1.29, 1.82) is 0 Å². The molecule has 18 nitrogen and oxygen atoms in total. The van der Waals surface area contributed by atoms with Crippen LogP contribution in [0.5, 0.6) is 0 Å². The molecule has 3 aliphatic rings. The first kappa shape index (κ1) is 28.8. The van der Waals surface area contributed by atoms with E-state index in [0.717, 1.165) is 35.5 Å². The number of carbonyl (C=O) groups is 3. The largest absolute Gasteiger partial charge is 0.478 e. The lowest BCUT2D eigenvalue weighted by atomic mass is 9.81. The number of amides is 2. The van der Waals surface area contributed by atoms with E-state index in [1.165, 1.54) is 11.6 Å². The average molecular weight is 613 g/mol. The van der Waals surface area contributed by atoms with Crippen LogP contribution in [0.25, 0.3) is 0 Å². The van der Waals surface area contributed by atoms with E-state index in [2.05, 4.69) is 31.0 Å². The van der Waals surface area contributed by atoms with E-state index < -0.39 is 51.5 Å². The van der Waals surface area contributed by atoms with E-state index in [0.29, 0.717) is 18.2 Å². The molecule has 0 aromatic carbocycles. The average Bonchev–Trinajstić information content (AvgIpc) is 3.35. The summed E-state index contributed by atoms with van der Waals surface area (Å²) in [4.78, 5) is 47.7. The molecule has 41 heavy (non-hydrogen) atoms. The zero-order chi connectivity index (χ0) is 29.5. The Morgan fingerprint density at radius 1 is 1.32 bits per heavy atom. The molecule has 3 fully saturated rings. The van der Waals surface area contributed by atoms with Crippen molar-refractivity contribution >= 4 is 50.3 Å². The summed E-state index contributed by atoms with van der Waals surface area (Å²) in [5.74, 6) is -2.89. The van der Waals surface area contributed by atoms with Crippen molar-refractivity contribution in [2.45, 2.75) is 62.5 Å². The number of hydrogen-bond acceptors (Lipinski definition) is 14. The zero-order valence-electron chi connectivity index (χ0n) is 21.4. The molecule has 2 aromatic rings. The fourth-order valence-corrected chi connectivity index (χ4v) is 5.99. The van der Waals surface area contributed by atoms with E-state index >= 15 is 0 Å². The van der Waals surface area contributed by atoms with Gasteiger partial charge in [0.05, 0.1) is 18.4 Å². The highest BCUT2D eigenvalue weighted by molar-refractivity contribution is 7.84. The van der Waals surface area contributed by atoms with E-state index in [1.54, 1.807) is 0 Å². The third-order valence-electron chi connectivity index (χ3n) is 7.04. The van der Waals surface area contributed by atoms with Crippen LogP contribution in [-0.2, 0) is 42.6 Å². The fraction of sp³-hybridized carbons (Fsp3) is 0.571. The molecular formula is C21H28N10O8S2. The molecule has 1 aliphatic heterocycles. The van der Waals surface area contributed by atoms with Crippen LogP contribution in [0, 0.1) is 5.92 Å². The second-order valence-electron chi connectivity index (χ2n) is 10.2. The molecule has 2 amide bonds. The summed E-state index contributed by atoms with van der Waals surface area (Å²) in [6.45, 7) is 0.864. The molecular weight excluding hydrogens is 584 g/mol. The molecule has 1 saturated heterocycles. The Morgan fingerprint density at radius 2 is 2.05 bits per heavy atom. The highest BCUT2D eigenvalue weighted by Crippen LogP contribution is 2.40. The van der Waals surface area contributed by atoms with Crippen molar-refractivity contribution in [3.8, 4) is 0 Å². The number of carboxylic acids is 1. The minimum atomic E-state index is -4.98. The molecule has 222 valence electrons. The summed E-state index contributed by atoms with van der Waals surface area (Å²) in [5, 5.41) is 28.5. The number of aromatic nitrogens is 4. The molecule has 2 atom stereocenters. The molecule has 0 radical (unpaired) electrons. The summed E-state index contributed by atoms with van der Waals surface area (Å²) in [6.07, 6.45) is 3.72. The first-order valence-electron chi connectivity index (χ1n) is 12.5. The lowest BCUT2D eigenvalue weighted by Crippen LogP contribution is -2.73. The number of thiazole rings is 1. The predicted molar refractivity (Wildman–Crippen MR) is 140 cm³/mol. The van der Waals surface area contributed by atoms with Crippen LogP contribution in [0.1, 0.15) is 37.1 Å². The summed E-state index contributed by atoms with van der Waals surface area (Å²) >= 11 is 0.980. The molecule has 3 heterocycles. The van der Waals surface area contributed by atoms with Crippen LogP contribution >= 0.6 is 11.3 Å². The quantitative estimate of drug-likeness (QED) is 0.0600. The maximum atomic E-state index is 13.2. The topological polar surface area (TPSA) is 270 Å². The summed E-state index contributed by atoms with van der Waals surface area (Å²) in [7, 11) is -4.98. The molecule has 0 unspecified atom stereocenters. The van der Waals surface area contributed by atoms with Crippen molar-refractivity contribution in [3.63, 3.8) is 0 Å². The van der Waals surface area contributed by atoms with Gasteiger partial charge in [-0.25, -0.2) is 14.1 Å². The zero-order valence-corrected chi connectivity index (χ0v) is 23.0. The highest BCUT2D eigenvalue weighted by atomic mass is 32.2. The smallest absolute Gasteiger partial charge is 0.362 e. The Morgan fingerprint density at radius 3 is 2.63 bits per heavy atom. The minimum Gasteiger partial charge on any atom is -0.478 e. The molecule has 0 bridgehead atoms. The van der Waals surface area contributed by atoms with Crippen molar-refractivity contribution in [3.05, 3.63) is 23.0 Å². The number of nitrogens with zero attached hydrogens (tertiary/aromatic N) is 6. The van der Waals surface area contributed by atoms with Crippen LogP contribution in [0.3, 0.4) is 0 Å². The van der Waals surface area contributed by atoms with Crippen LogP contribution in [0.2, 0.25) is 0 Å². The molecule has 2 aromatic heterocycles. The normalized spacial score (nSPS) is 25.3. The number of nitrogen functional groups attached to an aromatic ring is 1. The summed E-state index contributed by atoms with van der Waals surface area (Å²) in [6, 6.07) is -2.49. The van der Waals surface area contributed by atoms with Gasteiger partial charge >= 0.3 is 16.3 Å². The first-order valence-corrected chi connectivity index (χ1v) is 14.8. The SMILES string of the molecule is Nc1nc(/C(=N/OC2(C(=O)O)CC2)C(=O)N[C@@H]2C(=O)N(S(=O)(=O)O)[C@@H]2Cn2ncc(CNCC3CC(N)C3)n2)cs1. The molecule has 20 heteroatoms. The van der Waals surface area contributed by atoms with Gasteiger partial charge in [0, 0.05) is 30.8 Å². The fourth-order valence-electron chi connectivity index (χ4n) is 4.57. The van der Waals surface area contributed by atoms with Gasteiger partial charge in [0.1, 0.15) is 17.8 Å². The predicted octanol–water partition coefficient (Wildman–Crippen LogP) is -2.32. The Balaban J connectivity index is 1.28. The van der Waals surface area contributed by atoms with Gasteiger partial charge in [-0.2, -0.15) is 23.4 Å². The van der Waals surface area contributed by atoms with Gasteiger partial charge in [-0.1, -0.05) is 5.16 Å². The van der Waals surface area contributed by atoms with Gasteiger partial charge in [-0.15, -0.1) is 11.3 Å². The second-order valence-corrected chi connectivity index (χ2v) is 12.3. The van der Waals surface area contributed by atoms with E-state index in [-0.39, 0.29) is 40.6 Å². The van der Waals surface area contributed by atoms with Crippen LogP contribution in [-0.4, -0.2) is 96.1 Å². The Hall–Kier alpha value is -3.72. The number of carbonyl (C=O) groups excluding carboxylic acids is 2. The maximum absolute atomic E-state index is 13.2. The van der Waals surface area contributed by atoms with Crippen LogP contribution in [0.4, 0.5) is 5.13 Å². The van der Waals surface area contributed by atoms with Gasteiger partial charge in [-0.05, 0) is 25.3 Å². The van der Waals surface area contributed by atoms with Gasteiger partial charge in [0.15, 0.2) is 10.8 Å². The summed E-state index contributed by atoms with van der Waals surface area (Å²) < 4.78 is 33.7. The highest BCUT2D eigenvalue weighted by Gasteiger charge is 2.56. The number of β-lactam (4-membered cyclic amide) rings is 1. The lowest BCUT2D eigenvalue weighted by molar-refractivity contribution is -0.153. The lowest BCUT2D eigenvalue weighted by Gasteiger charge is -2.43. The van der Waals surface area contributed by atoms with Crippen LogP contribution < -0.4 is 22.1 Å². The Bertz CT molecular complexity index is 1480. The van der Waals surface area contributed by atoms with Crippen molar-refractivity contribution in [2.24, 2.45) is 16.8 Å². The molecule has 8 N–H and O–H groups in total. The number of nitrogens with two attached hydrogens (primary N) is 2. The van der Waals surface area contributed by atoms with E-state index in [9.17, 15) is 32.5 Å². The van der Waals surface area contributed by atoms with Gasteiger partial charge in [-0.3, -0.25) is 14.1 Å². The monoisotopic (exact) mass is 612 g/mol. The number of nitrogens with one attached hydrogen (secondary N) is 2. The summed E-state index contributed by atoms with van der Waals surface area (Å²) in [5.41, 5.74) is 9.92. The van der Waals surface area contributed by atoms with Gasteiger partial charge in [0.2, 0.25) is 5.60 Å². The van der Waals surface area contributed by atoms with Crippen molar-refractivity contribution < 1.29 is 37.3 Å². The van der Waals surface area contributed by atoms with Crippen molar-refractivity contribution in [1.82, 2.24) is 34.9 Å². The number of anilines is 1. The number of oxime groups is 1. The van der Waals surface area contributed by atoms with E-state index in [4.69, 9.17) is 16.3 Å². The second kappa shape index (κ2) is 10.9. The van der Waals surface area contributed by atoms with Gasteiger partial charge in [0.25, 0.3) is 11.8 Å². The first-order chi connectivity index (χ1) is 19.4. The number of aliphatic carboxylic acids is 1. The third kappa shape index (κ3) is 6.15. The molecule has 2 saturated carbocycles. The number of hydrogen-bond donors (Lipinski definition) is 6. The number of carboxylic acid groups (broad SMARTS) is 1. The van der Waals surface area contributed by atoms with Gasteiger partial charge < -0.3 is 32.0 Å². The molecule has 0 spiro atoms. The maximum Gasteiger partial charge on any atom is 0.362 e.